The lowest BCUT2D eigenvalue weighted by molar-refractivity contribution is 0.107. The van der Waals surface area contributed by atoms with Crippen LogP contribution in [0.1, 0.15) is 63.0 Å². The van der Waals surface area contributed by atoms with E-state index in [4.69, 9.17) is 11.6 Å². The zero-order valence-electron chi connectivity index (χ0n) is 12.1. The third-order valence-electron chi connectivity index (χ3n) is 3.14. The molecule has 0 aliphatic rings. The number of nitrogens with zero attached hydrogens (tertiary/aromatic N) is 1. The monoisotopic (exact) mass is 283 g/mol. The summed E-state index contributed by atoms with van der Waals surface area (Å²) in [5.74, 6) is 0. The average molecular weight is 284 g/mol. The molecule has 1 heterocycles. The van der Waals surface area contributed by atoms with E-state index in [1.54, 1.807) is 4.57 Å². The first kappa shape index (κ1) is 16.0. The fourth-order valence-electron chi connectivity index (χ4n) is 2.12. The molecule has 1 aromatic heterocycles. The van der Waals surface area contributed by atoms with Gasteiger partial charge in [-0.15, -0.1) is 0 Å². The van der Waals surface area contributed by atoms with E-state index in [1.807, 2.05) is 6.07 Å². The molecule has 0 saturated carbocycles. The van der Waals surface area contributed by atoms with E-state index in [1.165, 1.54) is 6.07 Å². The predicted molar refractivity (Wildman–Crippen MR) is 79.1 cm³/mol. The largest absolute Gasteiger partial charge is 0.311 e. The maximum Gasteiger partial charge on any atom is 0.262 e. The van der Waals surface area contributed by atoms with Gasteiger partial charge in [0.05, 0.1) is 5.56 Å². The highest BCUT2D eigenvalue weighted by Crippen LogP contribution is 2.22. The predicted octanol–water partition coefficient (Wildman–Crippen LogP) is 3.72. The molecule has 0 unspecified atom stereocenters. The molecule has 1 aromatic rings. The first-order chi connectivity index (χ1) is 8.79. The van der Waals surface area contributed by atoms with Crippen molar-refractivity contribution in [1.29, 1.82) is 0 Å². The van der Waals surface area contributed by atoms with Crippen LogP contribution in [-0.2, 0) is 12.0 Å². The summed E-state index contributed by atoms with van der Waals surface area (Å²) >= 11 is 5.46. The summed E-state index contributed by atoms with van der Waals surface area (Å²) in [6.07, 6.45) is 3.09. The summed E-state index contributed by atoms with van der Waals surface area (Å²) < 4.78 is 1.70. The Labute approximate surface area is 119 Å². The van der Waals surface area contributed by atoms with Crippen molar-refractivity contribution in [2.24, 2.45) is 0 Å². The van der Waals surface area contributed by atoms with Gasteiger partial charge in [0.25, 0.3) is 10.8 Å². The molecule has 106 valence electrons. The van der Waals surface area contributed by atoms with Crippen molar-refractivity contribution in [3.05, 3.63) is 33.7 Å². The maximum atomic E-state index is 12.3. The lowest BCUT2D eigenvalue weighted by Gasteiger charge is -2.24. The Bertz CT molecular complexity index is 512. The van der Waals surface area contributed by atoms with E-state index in [0.717, 1.165) is 25.0 Å². The number of halogens is 1. The van der Waals surface area contributed by atoms with Crippen LogP contribution in [0.2, 0.25) is 0 Å². The highest BCUT2D eigenvalue weighted by Gasteiger charge is 2.21. The van der Waals surface area contributed by atoms with Crippen molar-refractivity contribution in [3.8, 4) is 0 Å². The molecule has 0 N–H and O–H groups in total. The smallest absolute Gasteiger partial charge is 0.262 e. The fourth-order valence-corrected chi connectivity index (χ4v) is 2.27. The quantitative estimate of drug-likeness (QED) is 0.610. The molecule has 0 aliphatic heterocycles. The van der Waals surface area contributed by atoms with Gasteiger partial charge in [0.2, 0.25) is 0 Å². The van der Waals surface area contributed by atoms with Crippen molar-refractivity contribution in [1.82, 2.24) is 4.57 Å². The molecule has 0 saturated heterocycles. The third-order valence-corrected chi connectivity index (χ3v) is 3.34. The van der Waals surface area contributed by atoms with Gasteiger partial charge in [-0.25, -0.2) is 0 Å². The molecule has 0 spiro atoms. The summed E-state index contributed by atoms with van der Waals surface area (Å²) in [7, 11) is 0. The van der Waals surface area contributed by atoms with Crippen LogP contribution in [0.3, 0.4) is 0 Å². The Morgan fingerprint density at radius 3 is 2.37 bits per heavy atom. The first-order valence-corrected chi connectivity index (χ1v) is 7.11. The lowest BCUT2D eigenvalue weighted by atomic mass is 9.90. The van der Waals surface area contributed by atoms with Gasteiger partial charge in [-0.05, 0) is 30.2 Å². The lowest BCUT2D eigenvalue weighted by Crippen LogP contribution is -2.32. The number of unbranched alkanes of at least 4 members (excludes halogenated alkanes) is 2. The second-order valence-electron chi connectivity index (χ2n) is 5.82. The molecule has 3 nitrogen and oxygen atoms in total. The van der Waals surface area contributed by atoms with Gasteiger partial charge in [0, 0.05) is 17.7 Å². The van der Waals surface area contributed by atoms with Crippen molar-refractivity contribution >= 4 is 16.8 Å². The van der Waals surface area contributed by atoms with Crippen molar-refractivity contribution in [2.45, 2.75) is 58.9 Å². The Kier molecular flexibility index (Phi) is 5.36. The summed E-state index contributed by atoms with van der Waals surface area (Å²) in [6.45, 7) is 8.92. The number of aromatic nitrogens is 1. The van der Waals surface area contributed by atoms with Crippen molar-refractivity contribution < 1.29 is 4.79 Å². The van der Waals surface area contributed by atoms with Gasteiger partial charge in [-0.2, -0.15) is 0 Å². The van der Waals surface area contributed by atoms with Gasteiger partial charge >= 0.3 is 0 Å². The SMILES string of the molecule is CCCCCn1c(C(C)(C)C)ccc(C(=O)Cl)c1=O. The zero-order valence-corrected chi connectivity index (χ0v) is 12.9. The highest BCUT2D eigenvalue weighted by atomic mass is 35.5. The van der Waals surface area contributed by atoms with Crippen LogP contribution in [0, 0.1) is 0 Å². The summed E-state index contributed by atoms with van der Waals surface area (Å²) in [4.78, 5) is 23.6. The molecule has 4 heteroatoms. The normalized spacial score (nSPS) is 11.6. The van der Waals surface area contributed by atoms with Crippen LogP contribution >= 0.6 is 11.6 Å². The van der Waals surface area contributed by atoms with Gasteiger partial charge < -0.3 is 4.57 Å². The Morgan fingerprint density at radius 2 is 1.89 bits per heavy atom. The number of rotatable bonds is 5. The molecular formula is C15H22ClNO2. The van der Waals surface area contributed by atoms with Crippen LogP contribution in [0.5, 0.6) is 0 Å². The third kappa shape index (κ3) is 3.93. The minimum Gasteiger partial charge on any atom is -0.311 e. The van der Waals surface area contributed by atoms with E-state index >= 15 is 0 Å². The van der Waals surface area contributed by atoms with E-state index in [9.17, 15) is 9.59 Å². The molecular weight excluding hydrogens is 262 g/mol. The molecule has 0 amide bonds. The number of pyridine rings is 1. The Balaban J connectivity index is 3.30. The molecule has 0 aromatic carbocycles. The molecule has 19 heavy (non-hydrogen) atoms. The minimum absolute atomic E-state index is 0.0613. The molecule has 0 fully saturated rings. The van der Waals surface area contributed by atoms with Crippen LogP contribution in [-0.4, -0.2) is 9.81 Å². The van der Waals surface area contributed by atoms with Gasteiger partial charge in [0.15, 0.2) is 0 Å². The zero-order chi connectivity index (χ0) is 14.6. The topological polar surface area (TPSA) is 39.1 Å². The van der Waals surface area contributed by atoms with Gasteiger partial charge in [-0.3, -0.25) is 9.59 Å². The first-order valence-electron chi connectivity index (χ1n) is 6.73. The van der Waals surface area contributed by atoms with Gasteiger partial charge in [-0.1, -0.05) is 40.5 Å². The summed E-state index contributed by atoms with van der Waals surface area (Å²) in [5, 5.41) is -0.685. The molecule has 0 aliphatic carbocycles. The summed E-state index contributed by atoms with van der Waals surface area (Å²) in [5.41, 5.74) is 0.587. The minimum atomic E-state index is -0.685. The van der Waals surface area contributed by atoms with E-state index < -0.39 is 5.24 Å². The van der Waals surface area contributed by atoms with Gasteiger partial charge in [0.1, 0.15) is 0 Å². The molecule has 0 radical (unpaired) electrons. The standard InChI is InChI=1S/C15H22ClNO2/c1-5-6-7-10-17-12(15(2,3)4)9-8-11(13(16)18)14(17)19/h8-9H,5-7,10H2,1-4H3. The molecule has 1 rings (SSSR count). The van der Waals surface area contributed by atoms with Crippen LogP contribution in [0.25, 0.3) is 0 Å². The fraction of sp³-hybridized carbons (Fsp3) is 0.600. The second kappa shape index (κ2) is 6.38. The summed E-state index contributed by atoms with van der Waals surface area (Å²) in [6, 6.07) is 3.37. The Hall–Kier alpha value is -1.09. The number of carbonyl (C=O) groups is 1. The van der Waals surface area contributed by atoms with E-state index in [2.05, 4.69) is 27.7 Å². The second-order valence-corrected chi connectivity index (χ2v) is 6.16. The maximum absolute atomic E-state index is 12.3. The molecule has 0 atom stereocenters. The van der Waals surface area contributed by atoms with Crippen molar-refractivity contribution in [3.63, 3.8) is 0 Å². The van der Waals surface area contributed by atoms with Crippen LogP contribution < -0.4 is 5.56 Å². The number of hydrogen-bond acceptors (Lipinski definition) is 2. The highest BCUT2D eigenvalue weighted by molar-refractivity contribution is 6.67. The Morgan fingerprint density at radius 1 is 1.26 bits per heavy atom. The number of hydrogen-bond donors (Lipinski definition) is 0. The van der Waals surface area contributed by atoms with E-state index in [-0.39, 0.29) is 16.5 Å². The number of carbonyl (C=O) groups excluding carboxylic acids is 1. The average Bonchev–Trinajstić information content (AvgIpc) is 2.29. The van der Waals surface area contributed by atoms with Crippen LogP contribution in [0.4, 0.5) is 0 Å². The van der Waals surface area contributed by atoms with E-state index in [0.29, 0.717) is 6.54 Å². The molecule has 0 bridgehead atoms. The van der Waals surface area contributed by atoms with Crippen LogP contribution in [0.15, 0.2) is 16.9 Å². The van der Waals surface area contributed by atoms with Crippen molar-refractivity contribution in [2.75, 3.05) is 0 Å².